The number of nitrogens with two attached hydrogens (primary N) is 4. The second-order valence-electron chi connectivity index (χ2n) is 8.19. The van der Waals surface area contributed by atoms with E-state index in [0.717, 1.165) is 44.3 Å². The van der Waals surface area contributed by atoms with Crippen LogP contribution in [0.15, 0.2) is 17.1 Å². The number of aliphatic imine (C=N–C) groups is 1. The minimum absolute atomic E-state index is 0. The molecule has 0 fully saturated rings. The number of aromatic nitrogens is 2. The molecule has 9 N–H and O–H groups in total. The standard InChI is InChI=1S/C23H33ClN8O2.ClH/c24-19-21(27)31-20(26)18(30-19)22(33)32-23(28)29-12-4-3-6-14-9-10-17(34-13-5-11-25)16-8-2-1-7-15(14)16;/h9-10H,1-8,11-13,25H2,(H4,26,27,31)(H3,28,29,32,33);1H. The topological polar surface area (TPSA) is 181 Å². The molecule has 1 aromatic carbocycles. The molecule has 0 saturated heterocycles. The highest BCUT2D eigenvalue weighted by molar-refractivity contribution is 6.31. The highest BCUT2D eigenvalue weighted by Crippen LogP contribution is 2.33. The Balaban J connectivity index is 0.00000432. The summed E-state index contributed by atoms with van der Waals surface area (Å²) < 4.78 is 5.98. The summed E-state index contributed by atoms with van der Waals surface area (Å²) in [4.78, 5) is 24.1. The number of nitrogens with one attached hydrogen (secondary N) is 1. The molecule has 1 heterocycles. The SMILES string of the molecule is Cl.NCCCOc1ccc(CCCCN=C(N)NC(=O)c2nc(Cl)c(N)nc2N)c2c1CCCC2. The van der Waals surface area contributed by atoms with Crippen molar-refractivity contribution < 1.29 is 9.53 Å². The van der Waals surface area contributed by atoms with Crippen LogP contribution in [0.3, 0.4) is 0 Å². The Bertz CT molecular complexity index is 1050. The van der Waals surface area contributed by atoms with Crippen LogP contribution in [0.4, 0.5) is 11.6 Å². The molecule has 0 radical (unpaired) electrons. The van der Waals surface area contributed by atoms with E-state index in [4.69, 9.17) is 39.3 Å². The fraction of sp³-hybridized carbons (Fsp3) is 0.478. The quantitative estimate of drug-likeness (QED) is 0.178. The fourth-order valence-electron chi connectivity index (χ4n) is 3.99. The number of aryl methyl sites for hydroxylation is 1. The van der Waals surface area contributed by atoms with Crippen molar-refractivity contribution in [1.29, 1.82) is 0 Å². The molecule has 1 amide bonds. The molecule has 1 aliphatic carbocycles. The third kappa shape index (κ3) is 7.84. The number of anilines is 2. The van der Waals surface area contributed by atoms with Gasteiger partial charge in [0.1, 0.15) is 5.75 Å². The number of amides is 1. The summed E-state index contributed by atoms with van der Waals surface area (Å²) in [5, 5.41) is 2.34. The third-order valence-corrected chi connectivity index (χ3v) is 5.97. The van der Waals surface area contributed by atoms with Gasteiger partial charge in [-0.3, -0.25) is 15.1 Å². The predicted molar refractivity (Wildman–Crippen MR) is 142 cm³/mol. The normalized spacial score (nSPS) is 13.0. The van der Waals surface area contributed by atoms with Crippen LogP contribution in [-0.2, 0) is 19.3 Å². The highest BCUT2D eigenvalue weighted by atomic mass is 35.5. The van der Waals surface area contributed by atoms with E-state index in [2.05, 4.69) is 32.4 Å². The number of halogens is 2. The van der Waals surface area contributed by atoms with Gasteiger partial charge in [0, 0.05) is 6.54 Å². The lowest BCUT2D eigenvalue weighted by atomic mass is 9.86. The summed E-state index contributed by atoms with van der Waals surface area (Å²) in [6.07, 6.45) is 8.17. The first-order chi connectivity index (χ1) is 16.4. The summed E-state index contributed by atoms with van der Waals surface area (Å²) in [6, 6.07) is 4.28. The van der Waals surface area contributed by atoms with Crippen LogP contribution in [0.25, 0.3) is 0 Å². The number of guanidine groups is 1. The van der Waals surface area contributed by atoms with Gasteiger partial charge in [0.25, 0.3) is 5.91 Å². The lowest BCUT2D eigenvalue weighted by Crippen LogP contribution is -2.38. The van der Waals surface area contributed by atoms with E-state index >= 15 is 0 Å². The number of carbonyl (C=O) groups excluding carboxylic acids is 1. The van der Waals surface area contributed by atoms with Gasteiger partial charge in [0.05, 0.1) is 6.61 Å². The Hall–Kier alpha value is -2.82. The molecule has 0 saturated carbocycles. The summed E-state index contributed by atoms with van der Waals surface area (Å²) in [5.74, 6) is 0.163. The summed E-state index contributed by atoms with van der Waals surface area (Å²) in [5.41, 5.74) is 26.6. The first-order valence-corrected chi connectivity index (χ1v) is 11.9. The van der Waals surface area contributed by atoms with E-state index in [1.807, 2.05) is 0 Å². The molecule has 0 bridgehead atoms. The number of nitrogens with zero attached hydrogens (tertiary/aromatic N) is 3. The maximum atomic E-state index is 12.3. The number of benzene rings is 1. The molecule has 2 aromatic rings. The minimum atomic E-state index is -0.645. The maximum absolute atomic E-state index is 12.3. The van der Waals surface area contributed by atoms with Gasteiger partial charge in [0.15, 0.2) is 28.4 Å². The largest absolute Gasteiger partial charge is 0.493 e. The minimum Gasteiger partial charge on any atom is -0.493 e. The van der Waals surface area contributed by atoms with Crippen molar-refractivity contribution in [1.82, 2.24) is 15.3 Å². The molecule has 0 unspecified atom stereocenters. The average molecular weight is 525 g/mol. The van der Waals surface area contributed by atoms with Gasteiger partial charge in [0.2, 0.25) is 0 Å². The van der Waals surface area contributed by atoms with Gasteiger partial charge < -0.3 is 27.7 Å². The van der Waals surface area contributed by atoms with E-state index in [0.29, 0.717) is 19.7 Å². The van der Waals surface area contributed by atoms with Crippen molar-refractivity contribution in [2.24, 2.45) is 16.5 Å². The van der Waals surface area contributed by atoms with E-state index in [1.54, 1.807) is 0 Å². The van der Waals surface area contributed by atoms with Crippen LogP contribution in [0, 0.1) is 0 Å². The molecular formula is C23H34Cl2N8O2. The fourth-order valence-corrected chi connectivity index (χ4v) is 4.12. The lowest BCUT2D eigenvalue weighted by Gasteiger charge is -2.23. The molecule has 0 atom stereocenters. The van der Waals surface area contributed by atoms with Crippen LogP contribution in [0.1, 0.15) is 59.3 Å². The average Bonchev–Trinajstić information content (AvgIpc) is 2.82. The van der Waals surface area contributed by atoms with Gasteiger partial charge in [-0.15, -0.1) is 12.4 Å². The van der Waals surface area contributed by atoms with Crippen molar-refractivity contribution in [3.8, 4) is 5.75 Å². The molecular weight excluding hydrogens is 491 g/mol. The second kappa shape index (κ2) is 13.9. The molecule has 10 nitrogen and oxygen atoms in total. The van der Waals surface area contributed by atoms with Crippen LogP contribution in [0.2, 0.25) is 5.15 Å². The van der Waals surface area contributed by atoms with Crippen molar-refractivity contribution in [2.45, 2.75) is 51.4 Å². The Morgan fingerprint density at radius 3 is 2.57 bits per heavy atom. The zero-order chi connectivity index (χ0) is 24.5. The van der Waals surface area contributed by atoms with Gasteiger partial charge in [-0.2, -0.15) is 0 Å². The number of rotatable bonds is 10. The third-order valence-electron chi connectivity index (χ3n) is 5.69. The van der Waals surface area contributed by atoms with E-state index in [-0.39, 0.29) is 40.8 Å². The zero-order valence-electron chi connectivity index (χ0n) is 19.7. The van der Waals surface area contributed by atoms with E-state index < -0.39 is 5.91 Å². The molecule has 0 spiro atoms. The van der Waals surface area contributed by atoms with Gasteiger partial charge in [-0.05, 0) is 80.7 Å². The number of fused-ring (bicyclic) bond motifs is 1. The number of carbonyl (C=O) groups is 1. The van der Waals surface area contributed by atoms with Gasteiger partial charge >= 0.3 is 0 Å². The number of hydrogen-bond acceptors (Lipinski definition) is 8. The first kappa shape index (κ1) is 28.4. The summed E-state index contributed by atoms with van der Waals surface area (Å²) >= 11 is 5.81. The number of ether oxygens (including phenoxy) is 1. The molecule has 0 aliphatic heterocycles. The van der Waals surface area contributed by atoms with Crippen LogP contribution in [0.5, 0.6) is 5.75 Å². The molecule has 35 heavy (non-hydrogen) atoms. The number of hydrogen-bond donors (Lipinski definition) is 5. The molecule has 192 valence electrons. The van der Waals surface area contributed by atoms with Crippen LogP contribution >= 0.6 is 24.0 Å². The van der Waals surface area contributed by atoms with Crippen molar-refractivity contribution in [3.05, 3.63) is 39.7 Å². The molecule has 1 aromatic heterocycles. The summed E-state index contributed by atoms with van der Waals surface area (Å²) in [7, 11) is 0. The predicted octanol–water partition coefficient (Wildman–Crippen LogP) is 2.39. The Morgan fingerprint density at radius 2 is 1.83 bits per heavy atom. The summed E-state index contributed by atoms with van der Waals surface area (Å²) in [6.45, 7) is 1.77. The van der Waals surface area contributed by atoms with Gasteiger partial charge in [-0.25, -0.2) is 9.97 Å². The Morgan fingerprint density at radius 1 is 1.09 bits per heavy atom. The van der Waals surface area contributed by atoms with Crippen molar-refractivity contribution in [3.63, 3.8) is 0 Å². The number of unbranched alkanes of at least 4 members (excludes halogenated alkanes) is 1. The van der Waals surface area contributed by atoms with Crippen LogP contribution in [-0.4, -0.2) is 41.5 Å². The maximum Gasteiger partial charge on any atom is 0.280 e. The zero-order valence-corrected chi connectivity index (χ0v) is 21.3. The molecule has 12 heteroatoms. The van der Waals surface area contributed by atoms with Crippen molar-refractivity contribution in [2.75, 3.05) is 31.2 Å². The van der Waals surface area contributed by atoms with E-state index in [9.17, 15) is 4.79 Å². The molecule has 3 rings (SSSR count). The van der Waals surface area contributed by atoms with Gasteiger partial charge in [-0.1, -0.05) is 17.7 Å². The second-order valence-corrected chi connectivity index (χ2v) is 8.55. The van der Waals surface area contributed by atoms with E-state index in [1.165, 1.54) is 29.5 Å². The van der Waals surface area contributed by atoms with Crippen molar-refractivity contribution >= 4 is 47.5 Å². The number of nitrogen functional groups attached to an aromatic ring is 2. The van der Waals surface area contributed by atoms with Crippen LogP contribution < -0.4 is 33.0 Å². The first-order valence-electron chi connectivity index (χ1n) is 11.6. The highest BCUT2D eigenvalue weighted by Gasteiger charge is 2.18. The smallest absolute Gasteiger partial charge is 0.280 e. The Kier molecular flexibility index (Phi) is 11.3. The Labute approximate surface area is 216 Å². The molecule has 1 aliphatic rings. The monoisotopic (exact) mass is 524 g/mol. The lowest BCUT2D eigenvalue weighted by molar-refractivity contribution is 0.0972.